The van der Waals surface area contributed by atoms with Crippen molar-refractivity contribution < 1.29 is 14.3 Å². The van der Waals surface area contributed by atoms with Crippen LogP contribution in [0.1, 0.15) is 49.5 Å². The lowest BCUT2D eigenvalue weighted by molar-refractivity contribution is -0.0586. The maximum atomic E-state index is 12.7. The number of amides is 3. The number of hydrogen-bond donors (Lipinski definition) is 1. The molecule has 6 heteroatoms. The normalized spacial score (nSPS) is 26.0. The van der Waals surface area contributed by atoms with E-state index in [9.17, 15) is 9.59 Å². The summed E-state index contributed by atoms with van der Waals surface area (Å²) in [5.74, 6) is 0.607. The topological polar surface area (TPSA) is 61.9 Å². The second kappa shape index (κ2) is 8.74. The van der Waals surface area contributed by atoms with Gasteiger partial charge in [0, 0.05) is 38.3 Å². The number of nitrogens with one attached hydrogen (secondary N) is 1. The standard InChI is InChI=1S/C21H31N3O3/c1-15-5-4-10-23(12-15)21(26)22-11-18-6-8-19(9-7-18)20(25)24-13-16(2)27-17(3)14-24/h6-9,15-17H,4-5,10-14H2,1-3H3,(H,22,26). The monoisotopic (exact) mass is 373 g/mol. The highest BCUT2D eigenvalue weighted by atomic mass is 16.5. The van der Waals surface area contributed by atoms with Crippen molar-refractivity contribution in [1.29, 1.82) is 0 Å². The van der Waals surface area contributed by atoms with Gasteiger partial charge in [0.25, 0.3) is 5.91 Å². The third-order valence-electron chi connectivity index (χ3n) is 5.30. The fourth-order valence-corrected chi connectivity index (χ4v) is 3.95. The van der Waals surface area contributed by atoms with E-state index < -0.39 is 0 Å². The Morgan fingerprint density at radius 3 is 2.33 bits per heavy atom. The SMILES string of the molecule is CC1CCCN(C(=O)NCc2ccc(C(=O)N3CC(C)OC(C)C3)cc2)C1. The first kappa shape index (κ1) is 19.7. The van der Waals surface area contributed by atoms with Gasteiger partial charge in [0.05, 0.1) is 12.2 Å². The molecule has 0 bridgehead atoms. The first-order chi connectivity index (χ1) is 12.9. The molecule has 27 heavy (non-hydrogen) atoms. The summed E-state index contributed by atoms with van der Waals surface area (Å²) < 4.78 is 5.69. The van der Waals surface area contributed by atoms with Crippen LogP contribution in [-0.2, 0) is 11.3 Å². The smallest absolute Gasteiger partial charge is 0.317 e. The zero-order valence-electron chi connectivity index (χ0n) is 16.6. The first-order valence-corrected chi connectivity index (χ1v) is 9.99. The van der Waals surface area contributed by atoms with Gasteiger partial charge >= 0.3 is 6.03 Å². The number of piperidine rings is 1. The number of morpholine rings is 1. The Kier molecular flexibility index (Phi) is 6.37. The Balaban J connectivity index is 1.52. The molecule has 0 aliphatic carbocycles. The molecule has 3 unspecified atom stereocenters. The summed E-state index contributed by atoms with van der Waals surface area (Å²) in [4.78, 5) is 28.8. The van der Waals surface area contributed by atoms with Crippen molar-refractivity contribution >= 4 is 11.9 Å². The molecule has 2 saturated heterocycles. The van der Waals surface area contributed by atoms with Crippen molar-refractivity contribution in [2.45, 2.75) is 52.4 Å². The van der Waals surface area contributed by atoms with E-state index in [2.05, 4.69) is 12.2 Å². The van der Waals surface area contributed by atoms with Crippen LogP contribution >= 0.6 is 0 Å². The van der Waals surface area contributed by atoms with Crippen LogP contribution in [0.4, 0.5) is 4.79 Å². The van der Waals surface area contributed by atoms with Gasteiger partial charge in [-0.3, -0.25) is 4.79 Å². The molecule has 0 radical (unpaired) electrons. The van der Waals surface area contributed by atoms with Gasteiger partial charge in [-0.15, -0.1) is 0 Å². The summed E-state index contributed by atoms with van der Waals surface area (Å²) in [5.41, 5.74) is 1.67. The Morgan fingerprint density at radius 2 is 1.70 bits per heavy atom. The van der Waals surface area contributed by atoms with Gasteiger partial charge < -0.3 is 19.9 Å². The second-order valence-electron chi connectivity index (χ2n) is 8.02. The molecule has 1 N–H and O–H groups in total. The zero-order valence-corrected chi connectivity index (χ0v) is 16.6. The van der Waals surface area contributed by atoms with Gasteiger partial charge in [0.1, 0.15) is 0 Å². The highest BCUT2D eigenvalue weighted by Crippen LogP contribution is 2.16. The molecule has 6 nitrogen and oxygen atoms in total. The van der Waals surface area contributed by atoms with E-state index in [1.165, 1.54) is 6.42 Å². The van der Waals surface area contributed by atoms with Gasteiger partial charge in [0.2, 0.25) is 0 Å². The predicted molar refractivity (Wildman–Crippen MR) is 105 cm³/mol. The quantitative estimate of drug-likeness (QED) is 0.886. The maximum Gasteiger partial charge on any atom is 0.317 e. The van der Waals surface area contributed by atoms with Crippen molar-refractivity contribution in [3.8, 4) is 0 Å². The lowest BCUT2D eigenvalue weighted by Crippen LogP contribution is -2.48. The molecule has 1 aromatic carbocycles. The van der Waals surface area contributed by atoms with E-state index in [0.717, 1.165) is 25.1 Å². The second-order valence-corrected chi connectivity index (χ2v) is 8.02. The van der Waals surface area contributed by atoms with E-state index >= 15 is 0 Å². The van der Waals surface area contributed by atoms with Crippen LogP contribution in [0.3, 0.4) is 0 Å². The van der Waals surface area contributed by atoms with Crippen LogP contribution in [0.2, 0.25) is 0 Å². The summed E-state index contributed by atoms with van der Waals surface area (Å²) in [7, 11) is 0. The number of carbonyl (C=O) groups excluding carboxylic acids is 2. The van der Waals surface area contributed by atoms with Gasteiger partial charge in [-0.1, -0.05) is 19.1 Å². The Hall–Kier alpha value is -2.08. The number of ether oxygens (including phenoxy) is 1. The van der Waals surface area contributed by atoms with Gasteiger partial charge in [-0.25, -0.2) is 4.79 Å². The molecule has 0 saturated carbocycles. The highest BCUT2D eigenvalue weighted by Gasteiger charge is 2.26. The summed E-state index contributed by atoms with van der Waals surface area (Å²) in [5, 5.41) is 2.99. The molecular formula is C21H31N3O3. The van der Waals surface area contributed by atoms with Crippen molar-refractivity contribution in [2.75, 3.05) is 26.2 Å². The van der Waals surface area contributed by atoms with Crippen molar-refractivity contribution in [1.82, 2.24) is 15.1 Å². The van der Waals surface area contributed by atoms with Gasteiger partial charge in [0.15, 0.2) is 0 Å². The summed E-state index contributed by atoms with van der Waals surface area (Å²) in [6.07, 6.45) is 2.39. The number of benzene rings is 1. The summed E-state index contributed by atoms with van der Waals surface area (Å²) in [6.45, 7) is 9.55. The number of hydrogen-bond acceptors (Lipinski definition) is 3. The average molecular weight is 373 g/mol. The lowest BCUT2D eigenvalue weighted by Gasteiger charge is -2.35. The third-order valence-corrected chi connectivity index (χ3v) is 5.30. The molecule has 3 amide bonds. The largest absolute Gasteiger partial charge is 0.372 e. The minimum absolute atomic E-state index is 0.00186. The van der Waals surface area contributed by atoms with E-state index in [1.807, 2.05) is 47.9 Å². The van der Waals surface area contributed by atoms with Crippen molar-refractivity contribution in [3.05, 3.63) is 35.4 Å². The van der Waals surface area contributed by atoms with Crippen molar-refractivity contribution in [3.63, 3.8) is 0 Å². The van der Waals surface area contributed by atoms with E-state index in [-0.39, 0.29) is 24.1 Å². The number of rotatable bonds is 3. The fraction of sp³-hybridized carbons (Fsp3) is 0.619. The average Bonchev–Trinajstić information content (AvgIpc) is 2.65. The van der Waals surface area contributed by atoms with Crippen LogP contribution in [0, 0.1) is 5.92 Å². The molecule has 148 valence electrons. The molecular weight excluding hydrogens is 342 g/mol. The molecule has 0 aromatic heterocycles. The molecule has 2 aliphatic rings. The number of carbonyl (C=O) groups is 2. The van der Waals surface area contributed by atoms with Crippen LogP contribution in [-0.4, -0.2) is 60.1 Å². The number of urea groups is 1. The Morgan fingerprint density at radius 1 is 1.04 bits per heavy atom. The van der Waals surface area contributed by atoms with E-state index in [0.29, 0.717) is 31.1 Å². The first-order valence-electron chi connectivity index (χ1n) is 9.99. The molecule has 3 atom stereocenters. The third kappa shape index (κ3) is 5.22. The Bertz CT molecular complexity index is 651. The minimum atomic E-state index is -0.00186. The van der Waals surface area contributed by atoms with Crippen LogP contribution < -0.4 is 5.32 Å². The van der Waals surface area contributed by atoms with Crippen LogP contribution in [0.25, 0.3) is 0 Å². The predicted octanol–water partition coefficient (Wildman–Crippen LogP) is 2.88. The Labute approximate surface area is 161 Å². The van der Waals surface area contributed by atoms with Crippen LogP contribution in [0.15, 0.2) is 24.3 Å². The number of nitrogens with zero attached hydrogens (tertiary/aromatic N) is 2. The van der Waals surface area contributed by atoms with Crippen molar-refractivity contribution in [2.24, 2.45) is 5.92 Å². The fourth-order valence-electron chi connectivity index (χ4n) is 3.95. The lowest BCUT2D eigenvalue weighted by atomic mass is 10.0. The number of likely N-dealkylation sites (tertiary alicyclic amines) is 1. The molecule has 0 spiro atoms. The van der Waals surface area contributed by atoms with E-state index in [4.69, 9.17) is 4.74 Å². The molecule has 2 fully saturated rings. The van der Waals surface area contributed by atoms with Gasteiger partial charge in [-0.2, -0.15) is 0 Å². The molecule has 3 rings (SSSR count). The van der Waals surface area contributed by atoms with Gasteiger partial charge in [-0.05, 0) is 50.3 Å². The maximum absolute atomic E-state index is 12.7. The molecule has 2 aliphatic heterocycles. The molecule has 2 heterocycles. The highest BCUT2D eigenvalue weighted by molar-refractivity contribution is 5.94. The molecule has 1 aromatic rings. The zero-order chi connectivity index (χ0) is 19.4. The summed E-state index contributed by atoms with van der Waals surface area (Å²) in [6, 6.07) is 7.52. The van der Waals surface area contributed by atoms with Crippen LogP contribution in [0.5, 0.6) is 0 Å². The van der Waals surface area contributed by atoms with E-state index in [1.54, 1.807) is 0 Å². The summed E-state index contributed by atoms with van der Waals surface area (Å²) >= 11 is 0. The minimum Gasteiger partial charge on any atom is -0.372 e.